The molecule has 1 aliphatic rings. The first-order chi connectivity index (χ1) is 14.2. The molecule has 4 rings (SSSR count). The lowest BCUT2D eigenvalue weighted by Crippen LogP contribution is -2.40. The van der Waals surface area contributed by atoms with Gasteiger partial charge in [-0.2, -0.15) is 11.3 Å². The van der Waals surface area contributed by atoms with E-state index >= 15 is 0 Å². The number of thiophene rings is 1. The largest absolute Gasteiger partial charge is 0.497 e. The highest BCUT2D eigenvalue weighted by atomic mass is 79.9. The van der Waals surface area contributed by atoms with E-state index in [2.05, 4.69) is 67.2 Å². The molecule has 1 aromatic heterocycles. The van der Waals surface area contributed by atoms with Gasteiger partial charge in [-0.3, -0.25) is 9.69 Å². The highest BCUT2D eigenvalue weighted by Gasteiger charge is 2.26. The molecule has 0 saturated heterocycles. The van der Waals surface area contributed by atoms with E-state index in [0.29, 0.717) is 17.9 Å². The summed E-state index contributed by atoms with van der Waals surface area (Å²) in [6.45, 7) is 2.44. The van der Waals surface area contributed by atoms with Crippen LogP contribution in [0.25, 0.3) is 0 Å². The molecule has 1 atom stereocenters. The average Bonchev–Trinajstić information content (AvgIpc) is 3.28. The summed E-state index contributed by atoms with van der Waals surface area (Å²) in [5.74, 6) is 0.564. The molecule has 1 aliphatic heterocycles. The van der Waals surface area contributed by atoms with Crippen molar-refractivity contribution in [3.05, 3.63) is 86.0 Å². The third kappa shape index (κ3) is 4.55. The fraction of sp³-hybridized carbons (Fsp3) is 0.261. The Morgan fingerprint density at radius 3 is 2.83 bits per heavy atom. The van der Waals surface area contributed by atoms with Gasteiger partial charge in [0, 0.05) is 24.1 Å². The molecule has 0 radical (unpaired) electrons. The van der Waals surface area contributed by atoms with Gasteiger partial charge in [-0.15, -0.1) is 0 Å². The maximum Gasteiger partial charge on any atom is 0.252 e. The maximum atomic E-state index is 12.9. The normalized spacial score (nSPS) is 14.8. The Morgan fingerprint density at radius 2 is 2.07 bits per heavy atom. The second kappa shape index (κ2) is 9.11. The molecule has 3 aromatic rings. The Hall–Kier alpha value is -2.15. The zero-order valence-corrected chi connectivity index (χ0v) is 18.6. The number of nitrogens with one attached hydrogen (secondary N) is 1. The van der Waals surface area contributed by atoms with E-state index in [0.717, 1.165) is 24.0 Å². The molecule has 0 saturated carbocycles. The Balaban J connectivity index is 1.51. The van der Waals surface area contributed by atoms with Gasteiger partial charge in [0.05, 0.1) is 18.7 Å². The first-order valence-electron chi connectivity index (χ1n) is 9.60. The third-order valence-electron chi connectivity index (χ3n) is 5.40. The minimum Gasteiger partial charge on any atom is -0.497 e. The Kier molecular flexibility index (Phi) is 6.33. The molecule has 2 aromatic carbocycles. The number of halogens is 1. The number of nitrogens with zero attached hydrogens (tertiary/aromatic N) is 1. The molecule has 2 heterocycles. The van der Waals surface area contributed by atoms with Crippen molar-refractivity contribution in [3.63, 3.8) is 0 Å². The highest BCUT2D eigenvalue weighted by Crippen LogP contribution is 2.29. The lowest BCUT2D eigenvalue weighted by atomic mass is 9.97. The molecule has 0 bridgehead atoms. The molecule has 1 unspecified atom stereocenters. The summed E-state index contributed by atoms with van der Waals surface area (Å²) in [6, 6.07) is 16.4. The molecule has 150 valence electrons. The van der Waals surface area contributed by atoms with E-state index in [4.69, 9.17) is 4.74 Å². The fourth-order valence-corrected chi connectivity index (χ4v) is 4.93. The molecule has 0 aliphatic carbocycles. The van der Waals surface area contributed by atoms with E-state index in [1.165, 1.54) is 16.7 Å². The van der Waals surface area contributed by atoms with Crippen LogP contribution in [0.3, 0.4) is 0 Å². The maximum absolute atomic E-state index is 12.9. The highest BCUT2D eigenvalue weighted by molar-refractivity contribution is 9.10. The molecule has 0 fully saturated rings. The summed E-state index contributed by atoms with van der Waals surface area (Å²) in [6.07, 6.45) is 1.03. The van der Waals surface area contributed by atoms with Crippen LogP contribution in [0.2, 0.25) is 0 Å². The second-order valence-electron chi connectivity index (χ2n) is 7.12. The summed E-state index contributed by atoms with van der Waals surface area (Å²) in [5, 5.41) is 7.42. The number of ether oxygens (including phenoxy) is 1. The van der Waals surface area contributed by atoms with Gasteiger partial charge in [0.2, 0.25) is 0 Å². The minimum atomic E-state index is -0.103. The average molecular weight is 471 g/mol. The lowest BCUT2D eigenvalue weighted by Gasteiger charge is -2.35. The Bertz CT molecular complexity index is 990. The topological polar surface area (TPSA) is 41.6 Å². The van der Waals surface area contributed by atoms with Crippen LogP contribution in [0, 0.1) is 0 Å². The molecular formula is C23H23BrN2O2S. The summed E-state index contributed by atoms with van der Waals surface area (Å²) in [7, 11) is 1.60. The zero-order chi connectivity index (χ0) is 20.2. The van der Waals surface area contributed by atoms with Crippen LogP contribution in [-0.4, -0.2) is 31.0 Å². The number of carbonyl (C=O) groups is 1. The van der Waals surface area contributed by atoms with Crippen LogP contribution >= 0.6 is 27.3 Å². The molecule has 29 heavy (non-hydrogen) atoms. The van der Waals surface area contributed by atoms with Gasteiger partial charge in [-0.25, -0.2) is 0 Å². The van der Waals surface area contributed by atoms with Gasteiger partial charge in [0.15, 0.2) is 0 Å². The molecule has 1 amide bonds. The van der Waals surface area contributed by atoms with Crippen molar-refractivity contribution < 1.29 is 9.53 Å². The van der Waals surface area contributed by atoms with E-state index in [1.807, 2.05) is 12.1 Å². The van der Waals surface area contributed by atoms with E-state index in [-0.39, 0.29) is 11.9 Å². The number of amides is 1. The number of benzene rings is 2. The Labute approximate surface area is 183 Å². The predicted octanol–water partition coefficient (Wildman–Crippen LogP) is 5.05. The standard InChI is InChI=1S/C23H23BrN2O2S/c1-28-19-6-7-21(24)20(12-19)23(27)25-13-22(18-9-11-29-15-18)26-10-8-16-4-2-3-5-17(16)14-26/h2-7,9,11-12,15,22H,8,10,13-14H2,1H3,(H,25,27). The summed E-state index contributed by atoms with van der Waals surface area (Å²) >= 11 is 5.17. The van der Waals surface area contributed by atoms with Crippen molar-refractivity contribution in [2.24, 2.45) is 0 Å². The van der Waals surface area contributed by atoms with Crippen LogP contribution in [0.4, 0.5) is 0 Å². The summed E-state index contributed by atoms with van der Waals surface area (Å²) in [5.41, 5.74) is 4.63. The van der Waals surface area contributed by atoms with Crippen molar-refractivity contribution in [3.8, 4) is 5.75 Å². The van der Waals surface area contributed by atoms with Gasteiger partial charge in [-0.1, -0.05) is 24.3 Å². The van der Waals surface area contributed by atoms with Gasteiger partial charge in [0.1, 0.15) is 5.75 Å². The number of fused-ring (bicyclic) bond motifs is 1. The van der Waals surface area contributed by atoms with E-state index in [9.17, 15) is 4.79 Å². The van der Waals surface area contributed by atoms with Crippen LogP contribution in [0.15, 0.2) is 63.8 Å². The zero-order valence-electron chi connectivity index (χ0n) is 16.2. The number of rotatable bonds is 6. The summed E-state index contributed by atoms with van der Waals surface area (Å²) < 4.78 is 6.02. The van der Waals surface area contributed by atoms with Crippen molar-refractivity contribution >= 4 is 33.2 Å². The molecule has 0 spiro atoms. The monoisotopic (exact) mass is 470 g/mol. The molecular weight excluding hydrogens is 448 g/mol. The lowest BCUT2D eigenvalue weighted by molar-refractivity contribution is 0.0927. The predicted molar refractivity (Wildman–Crippen MR) is 121 cm³/mol. The van der Waals surface area contributed by atoms with Crippen LogP contribution < -0.4 is 10.1 Å². The van der Waals surface area contributed by atoms with Gasteiger partial charge in [-0.05, 0) is 74.1 Å². The van der Waals surface area contributed by atoms with Crippen LogP contribution in [-0.2, 0) is 13.0 Å². The number of hydrogen-bond acceptors (Lipinski definition) is 4. The quantitative estimate of drug-likeness (QED) is 0.547. The van der Waals surface area contributed by atoms with Gasteiger partial charge >= 0.3 is 0 Å². The first-order valence-corrected chi connectivity index (χ1v) is 11.3. The molecule has 1 N–H and O–H groups in total. The Morgan fingerprint density at radius 1 is 1.24 bits per heavy atom. The van der Waals surface area contributed by atoms with Gasteiger partial charge in [0.25, 0.3) is 5.91 Å². The van der Waals surface area contributed by atoms with E-state index in [1.54, 1.807) is 24.5 Å². The SMILES string of the molecule is COc1ccc(Br)c(C(=O)NCC(c2ccsc2)N2CCc3ccccc3C2)c1. The van der Waals surface area contributed by atoms with Gasteiger partial charge < -0.3 is 10.1 Å². The van der Waals surface area contributed by atoms with Crippen molar-refractivity contribution in [1.29, 1.82) is 0 Å². The first kappa shape index (κ1) is 20.1. The second-order valence-corrected chi connectivity index (χ2v) is 8.75. The van der Waals surface area contributed by atoms with Crippen molar-refractivity contribution in [2.45, 2.75) is 19.0 Å². The van der Waals surface area contributed by atoms with Crippen molar-refractivity contribution in [2.75, 3.05) is 20.2 Å². The van der Waals surface area contributed by atoms with Crippen LogP contribution in [0.5, 0.6) is 5.75 Å². The number of hydrogen-bond donors (Lipinski definition) is 1. The molecule has 6 heteroatoms. The smallest absolute Gasteiger partial charge is 0.252 e. The minimum absolute atomic E-state index is 0.103. The summed E-state index contributed by atoms with van der Waals surface area (Å²) in [4.78, 5) is 15.3. The van der Waals surface area contributed by atoms with E-state index < -0.39 is 0 Å². The van der Waals surface area contributed by atoms with Crippen LogP contribution in [0.1, 0.15) is 33.1 Å². The fourth-order valence-electron chi connectivity index (χ4n) is 3.80. The molecule has 4 nitrogen and oxygen atoms in total. The number of carbonyl (C=O) groups excluding carboxylic acids is 1. The third-order valence-corrected chi connectivity index (χ3v) is 6.80. The number of methoxy groups -OCH3 is 1. The van der Waals surface area contributed by atoms with Crippen molar-refractivity contribution in [1.82, 2.24) is 10.2 Å².